The first kappa shape index (κ1) is 19.4. The minimum atomic E-state index is -0.786. The van der Waals surface area contributed by atoms with Crippen LogP contribution in [0.15, 0.2) is 53.7 Å². The van der Waals surface area contributed by atoms with Crippen molar-refractivity contribution < 1.29 is 19.2 Å². The van der Waals surface area contributed by atoms with E-state index in [1.54, 1.807) is 37.4 Å². The number of carbonyl (C=O) groups is 1. The summed E-state index contributed by atoms with van der Waals surface area (Å²) < 4.78 is 5.28. The summed E-state index contributed by atoms with van der Waals surface area (Å²) >= 11 is 6.01. The van der Waals surface area contributed by atoms with Gasteiger partial charge >= 0.3 is 6.09 Å². The van der Waals surface area contributed by atoms with Gasteiger partial charge in [-0.25, -0.2) is 4.79 Å². The summed E-state index contributed by atoms with van der Waals surface area (Å²) in [5.41, 5.74) is 0.482. The number of ether oxygens (including phenoxy) is 1. The molecule has 2 aromatic carbocycles. The number of rotatable bonds is 4. The van der Waals surface area contributed by atoms with E-state index in [9.17, 15) is 4.79 Å². The largest absolute Gasteiger partial charge is 0.495 e. The molecule has 1 fully saturated rings. The number of para-hydroxylation sites is 2. The highest BCUT2D eigenvalue weighted by atomic mass is 35.5. The molecule has 1 heterocycles. The Hall–Kier alpha value is -2.93. The minimum absolute atomic E-state index is 0.443. The lowest BCUT2D eigenvalue weighted by Crippen LogP contribution is -2.51. The second-order valence-corrected chi connectivity index (χ2v) is 7.45. The molecular formula is C21H22ClN3O4. The summed E-state index contributed by atoms with van der Waals surface area (Å²) in [6.45, 7) is 0. The predicted molar refractivity (Wildman–Crippen MR) is 110 cm³/mol. The number of methoxy groups -OCH3 is 1. The third kappa shape index (κ3) is 3.96. The van der Waals surface area contributed by atoms with Gasteiger partial charge in [0.2, 0.25) is 11.6 Å². The average Bonchev–Trinajstić information content (AvgIpc) is 3.07. The van der Waals surface area contributed by atoms with Gasteiger partial charge in [-0.15, -0.1) is 5.06 Å². The van der Waals surface area contributed by atoms with Gasteiger partial charge in [-0.2, -0.15) is 0 Å². The van der Waals surface area contributed by atoms with E-state index in [-0.39, 0.29) is 0 Å². The fourth-order valence-corrected chi connectivity index (χ4v) is 3.78. The molecule has 1 spiro atoms. The molecule has 0 radical (unpaired) electrons. The Morgan fingerprint density at radius 1 is 1.14 bits per heavy atom. The summed E-state index contributed by atoms with van der Waals surface area (Å²) in [6.07, 6.45) is 3.84. The fourth-order valence-electron chi connectivity index (χ4n) is 3.65. The number of halogens is 1. The molecular weight excluding hydrogens is 394 g/mol. The molecule has 1 amide bonds. The summed E-state index contributed by atoms with van der Waals surface area (Å²) in [7, 11) is 1.54. The molecule has 0 atom stereocenters. The summed E-state index contributed by atoms with van der Waals surface area (Å²) in [5.74, 6) is 0.986. The number of anilines is 1. The Kier molecular flexibility index (Phi) is 5.49. The maximum absolute atomic E-state index is 12.7. The maximum atomic E-state index is 12.7. The Balaban J connectivity index is 1.58. The number of hydroxylamine groups is 2. The number of carbonyl (C=O) groups excluding carboxylic acids is 1. The highest BCUT2D eigenvalue weighted by Gasteiger charge is 2.50. The van der Waals surface area contributed by atoms with Crippen molar-refractivity contribution in [3.63, 3.8) is 0 Å². The van der Waals surface area contributed by atoms with Crippen molar-refractivity contribution in [3.05, 3.63) is 59.1 Å². The van der Waals surface area contributed by atoms with Crippen LogP contribution in [0.1, 0.15) is 37.7 Å². The topological polar surface area (TPSA) is 72.4 Å². The van der Waals surface area contributed by atoms with E-state index < -0.39 is 11.8 Å². The quantitative estimate of drug-likeness (QED) is 0.746. The lowest BCUT2D eigenvalue weighted by molar-refractivity contribution is -0.224. The van der Waals surface area contributed by atoms with Crippen molar-refractivity contribution in [2.45, 2.75) is 37.8 Å². The molecule has 0 unspecified atom stereocenters. The summed E-state index contributed by atoms with van der Waals surface area (Å²) in [4.78, 5) is 24.3. The van der Waals surface area contributed by atoms with Gasteiger partial charge in [-0.05, 0) is 49.2 Å². The predicted octanol–water partition coefficient (Wildman–Crippen LogP) is 5.17. The van der Waals surface area contributed by atoms with Gasteiger partial charge < -0.3 is 14.4 Å². The first-order valence-corrected chi connectivity index (χ1v) is 9.93. The monoisotopic (exact) mass is 415 g/mol. The average molecular weight is 416 g/mol. The Bertz CT molecular complexity index is 910. The van der Waals surface area contributed by atoms with Crippen molar-refractivity contribution >= 4 is 29.2 Å². The van der Waals surface area contributed by atoms with Gasteiger partial charge in [-0.3, -0.25) is 5.32 Å². The maximum Gasteiger partial charge on any atom is 0.436 e. The number of amides is 1. The van der Waals surface area contributed by atoms with Crippen LogP contribution in [-0.2, 0) is 9.68 Å². The molecule has 0 bridgehead atoms. The second-order valence-electron chi connectivity index (χ2n) is 7.02. The molecule has 1 aliphatic carbocycles. The molecule has 0 saturated heterocycles. The molecule has 29 heavy (non-hydrogen) atoms. The molecule has 1 aliphatic heterocycles. The standard InChI is InChI=1S/C21H22ClN3O4/c1-27-18-8-4-3-7-17(18)23-20(26)28-25-19(15-9-11-16(22)12-10-15)24-29-21(25)13-5-2-6-14-21/h3-4,7-12H,2,5-6,13-14H2,1H3,(H,23,26). The third-order valence-corrected chi connectivity index (χ3v) is 5.37. The van der Waals surface area contributed by atoms with Gasteiger partial charge in [-0.1, -0.05) is 35.3 Å². The third-order valence-electron chi connectivity index (χ3n) is 5.12. The van der Waals surface area contributed by atoms with Crippen LogP contribution in [0.4, 0.5) is 10.5 Å². The van der Waals surface area contributed by atoms with Gasteiger partial charge in [0, 0.05) is 23.4 Å². The van der Waals surface area contributed by atoms with Gasteiger partial charge in [0.05, 0.1) is 12.8 Å². The van der Waals surface area contributed by atoms with Crippen LogP contribution in [0.5, 0.6) is 5.75 Å². The molecule has 152 valence electrons. The second kappa shape index (κ2) is 8.21. The van der Waals surface area contributed by atoms with Crippen molar-refractivity contribution in [3.8, 4) is 5.75 Å². The molecule has 4 rings (SSSR count). The van der Waals surface area contributed by atoms with Gasteiger partial charge in [0.15, 0.2) is 0 Å². The summed E-state index contributed by atoms with van der Waals surface area (Å²) in [5, 5.41) is 9.10. The van der Waals surface area contributed by atoms with Crippen molar-refractivity contribution in [2.24, 2.45) is 5.16 Å². The number of benzene rings is 2. The van der Waals surface area contributed by atoms with Crippen LogP contribution in [0.3, 0.4) is 0 Å². The normalized spacial score (nSPS) is 17.4. The number of amidine groups is 1. The zero-order chi connectivity index (χ0) is 20.3. The smallest absolute Gasteiger partial charge is 0.436 e. The van der Waals surface area contributed by atoms with Crippen LogP contribution in [0.2, 0.25) is 5.02 Å². The van der Waals surface area contributed by atoms with Crippen LogP contribution in [0, 0.1) is 0 Å². The van der Waals surface area contributed by atoms with E-state index in [0.29, 0.717) is 22.3 Å². The van der Waals surface area contributed by atoms with Crippen LogP contribution in [-0.4, -0.2) is 29.8 Å². The zero-order valence-electron chi connectivity index (χ0n) is 16.1. The molecule has 0 aromatic heterocycles. The fraction of sp³-hybridized carbons (Fsp3) is 0.333. The van der Waals surface area contributed by atoms with Crippen LogP contribution < -0.4 is 10.1 Å². The Morgan fingerprint density at radius 3 is 2.59 bits per heavy atom. The number of hydrogen-bond acceptors (Lipinski definition) is 6. The van der Waals surface area contributed by atoms with E-state index in [4.69, 9.17) is 26.0 Å². The number of nitrogens with zero attached hydrogens (tertiary/aromatic N) is 2. The van der Waals surface area contributed by atoms with Crippen molar-refractivity contribution in [2.75, 3.05) is 12.4 Å². The molecule has 1 saturated carbocycles. The Labute approximate surface area is 174 Å². The molecule has 2 aromatic rings. The van der Waals surface area contributed by atoms with E-state index in [1.165, 1.54) is 5.06 Å². The Morgan fingerprint density at radius 2 is 1.86 bits per heavy atom. The molecule has 2 aliphatic rings. The van der Waals surface area contributed by atoms with E-state index in [1.807, 2.05) is 18.2 Å². The molecule has 1 N–H and O–H groups in total. The first-order chi connectivity index (χ1) is 14.1. The highest BCUT2D eigenvalue weighted by molar-refractivity contribution is 6.30. The highest BCUT2D eigenvalue weighted by Crippen LogP contribution is 2.40. The SMILES string of the molecule is COc1ccccc1NC(=O)ON1C(c2ccc(Cl)cc2)=NOC12CCCCC2. The lowest BCUT2D eigenvalue weighted by Gasteiger charge is -2.37. The van der Waals surface area contributed by atoms with Gasteiger partial charge in [0.1, 0.15) is 5.75 Å². The van der Waals surface area contributed by atoms with Crippen LogP contribution in [0.25, 0.3) is 0 Å². The zero-order valence-corrected chi connectivity index (χ0v) is 16.8. The number of hydrogen-bond donors (Lipinski definition) is 1. The summed E-state index contributed by atoms with van der Waals surface area (Å²) in [6, 6.07) is 14.3. The minimum Gasteiger partial charge on any atom is -0.495 e. The van der Waals surface area contributed by atoms with E-state index >= 15 is 0 Å². The molecule has 7 nitrogen and oxygen atoms in total. The lowest BCUT2D eigenvalue weighted by atomic mass is 9.91. The van der Waals surface area contributed by atoms with Crippen molar-refractivity contribution in [1.29, 1.82) is 0 Å². The van der Waals surface area contributed by atoms with E-state index in [2.05, 4.69) is 10.5 Å². The first-order valence-electron chi connectivity index (χ1n) is 9.56. The van der Waals surface area contributed by atoms with E-state index in [0.717, 1.165) is 37.7 Å². The van der Waals surface area contributed by atoms with Gasteiger partial charge in [0.25, 0.3) is 0 Å². The van der Waals surface area contributed by atoms with Crippen LogP contribution >= 0.6 is 11.6 Å². The number of oxime groups is 1. The van der Waals surface area contributed by atoms with Crippen molar-refractivity contribution in [1.82, 2.24) is 5.06 Å². The number of nitrogens with one attached hydrogen (secondary N) is 1. The molecule has 8 heteroatoms.